The number of carbonyl (C=O) groups excluding carboxylic acids is 1. The Kier molecular flexibility index (Phi) is 3.96. The molecule has 1 aromatic carbocycles. The van der Waals surface area contributed by atoms with Gasteiger partial charge in [-0.05, 0) is 19.1 Å². The van der Waals surface area contributed by atoms with E-state index in [0.29, 0.717) is 12.3 Å². The van der Waals surface area contributed by atoms with Crippen LogP contribution >= 0.6 is 11.6 Å². The number of hydrogen-bond donors (Lipinski definition) is 0. The van der Waals surface area contributed by atoms with Crippen LogP contribution in [0, 0.1) is 6.92 Å². The lowest BCUT2D eigenvalue weighted by Gasteiger charge is -2.16. The van der Waals surface area contributed by atoms with E-state index in [2.05, 4.69) is 0 Å². The van der Waals surface area contributed by atoms with Crippen molar-refractivity contribution < 1.29 is 4.79 Å². The second-order valence-electron chi connectivity index (χ2n) is 3.23. The first-order valence-corrected chi connectivity index (χ1v) is 5.08. The van der Waals surface area contributed by atoms with Crippen molar-refractivity contribution >= 4 is 23.2 Å². The number of aryl methyl sites for hydroxylation is 1. The average Bonchev–Trinajstić information content (AvgIpc) is 2.18. The summed E-state index contributed by atoms with van der Waals surface area (Å²) in [5.74, 6) is 0.415. The minimum absolute atomic E-state index is 0.0452. The predicted octanol–water partition coefficient (Wildman–Crippen LogP) is 2.59. The molecule has 76 valence electrons. The summed E-state index contributed by atoms with van der Waals surface area (Å²) >= 11 is 5.51. The standard InChI is InChI=1S/C11H14ClNO/c1-9-3-5-10(6-4-9)13(2)11(14)7-8-12/h3-6H,7-8H2,1-2H3. The molecule has 1 rings (SSSR count). The minimum atomic E-state index is 0.0452. The van der Waals surface area contributed by atoms with Crippen LogP contribution in [0.15, 0.2) is 24.3 Å². The van der Waals surface area contributed by atoms with Crippen LogP contribution in [0.25, 0.3) is 0 Å². The van der Waals surface area contributed by atoms with Crippen LogP contribution in [-0.2, 0) is 4.79 Å². The predicted molar refractivity (Wildman–Crippen MR) is 59.9 cm³/mol. The Morgan fingerprint density at radius 1 is 1.36 bits per heavy atom. The fourth-order valence-electron chi connectivity index (χ4n) is 1.16. The molecule has 1 aromatic rings. The zero-order valence-electron chi connectivity index (χ0n) is 8.46. The quantitative estimate of drug-likeness (QED) is 0.704. The van der Waals surface area contributed by atoms with E-state index in [1.54, 1.807) is 11.9 Å². The number of carbonyl (C=O) groups is 1. The van der Waals surface area contributed by atoms with Gasteiger partial charge in [0.1, 0.15) is 0 Å². The van der Waals surface area contributed by atoms with Gasteiger partial charge in [-0.15, -0.1) is 11.6 Å². The van der Waals surface area contributed by atoms with Crippen LogP contribution in [-0.4, -0.2) is 18.8 Å². The summed E-state index contributed by atoms with van der Waals surface area (Å²) in [6.45, 7) is 2.02. The number of amides is 1. The number of anilines is 1. The maximum Gasteiger partial charge on any atom is 0.227 e. The van der Waals surface area contributed by atoms with Crippen molar-refractivity contribution in [2.24, 2.45) is 0 Å². The van der Waals surface area contributed by atoms with E-state index in [1.807, 2.05) is 31.2 Å². The smallest absolute Gasteiger partial charge is 0.227 e. The SMILES string of the molecule is Cc1ccc(N(C)C(=O)CCCl)cc1. The second-order valence-corrected chi connectivity index (χ2v) is 3.61. The molecule has 0 aromatic heterocycles. The highest BCUT2D eigenvalue weighted by Gasteiger charge is 2.08. The summed E-state index contributed by atoms with van der Waals surface area (Å²) in [5, 5.41) is 0. The Bertz CT molecular complexity index is 308. The van der Waals surface area contributed by atoms with Gasteiger partial charge in [0, 0.05) is 25.0 Å². The maximum atomic E-state index is 11.5. The third kappa shape index (κ3) is 2.74. The number of rotatable bonds is 3. The molecular formula is C11H14ClNO. The van der Waals surface area contributed by atoms with Gasteiger partial charge >= 0.3 is 0 Å². The zero-order valence-corrected chi connectivity index (χ0v) is 9.21. The molecule has 0 aliphatic carbocycles. The molecule has 0 saturated carbocycles. The molecule has 0 aliphatic heterocycles. The Balaban J connectivity index is 2.73. The molecule has 14 heavy (non-hydrogen) atoms. The zero-order chi connectivity index (χ0) is 10.6. The van der Waals surface area contributed by atoms with Gasteiger partial charge in [-0.2, -0.15) is 0 Å². The highest BCUT2D eigenvalue weighted by Crippen LogP contribution is 2.14. The monoisotopic (exact) mass is 211 g/mol. The molecule has 0 N–H and O–H groups in total. The van der Waals surface area contributed by atoms with E-state index in [9.17, 15) is 4.79 Å². The summed E-state index contributed by atoms with van der Waals surface area (Å²) in [5.41, 5.74) is 2.10. The fourth-order valence-corrected chi connectivity index (χ4v) is 1.32. The number of benzene rings is 1. The Hall–Kier alpha value is -1.02. The van der Waals surface area contributed by atoms with Crippen LogP contribution in [0.5, 0.6) is 0 Å². The minimum Gasteiger partial charge on any atom is -0.315 e. The van der Waals surface area contributed by atoms with E-state index in [-0.39, 0.29) is 5.91 Å². The summed E-state index contributed by atoms with van der Waals surface area (Å²) in [6, 6.07) is 7.84. The van der Waals surface area contributed by atoms with E-state index in [0.717, 1.165) is 5.69 Å². The maximum absolute atomic E-state index is 11.5. The van der Waals surface area contributed by atoms with Gasteiger partial charge in [-0.3, -0.25) is 4.79 Å². The number of nitrogens with zero attached hydrogens (tertiary/aromatic N) is 1. The van der Waals surface area contributed by atoms with Crippen LogP contribution in [0.4, 0.5) is 5.69 Å². The lowest BCUT2D eigenvalue weighted by atomic mass is 10.2. The molecule has 0 bridgehead atoms. The van der Waals surface area contributed by atoms with Gasteiger partial charge in [0.15, 0.2) is 0 Å². The normalized spacial score (nSPS) is 9.93. The number of alkyl halides is 1. The highest BCUT2D eigenvalue weighted by atomic mass is 35.5. The third-order valence-corrected chi connectivity index (χ3v) is 2.29. The van der Waals surface area contributed by atoms with E-state index in [4.69, 9.17) is 11.6 Å². The van der Waals surface area contributed by atoms with Crippen molar-refractivity contribution in [3.8, 4) is 0 Å². The Labute approximate surface area is 89.5 Å². The van der Waals surface area contributed by atoms with Crippen molar-refractivity contribution in [2.75, 3.05) is 17.8 Å². The Morgan fingerprint density at radius 2 is 1.93 bits per heavy atom. The summed E-state index contributed by atoms with van der Waals surface area (Å²) in [4.78, 5) is 13.1. The largest absolute Gasteiger partial charge is 0.315 e. The van der Waals surface area contributed by atoms with Crippen molar-refractivity contribution in [3.05, 3.63) is 29.8 Å². The lowest BCUT2D eigenvalue weighted by molar-refractivity contribution is -0.117. The van der Waals surface area contributed by atoms with Crippen LogP contribution in [0.2, 0.25) is 0 Å². The van der Waals surface area contributed by atoms with Gasteiger partial charge in [0.2, 0.25) is 5.91 Å². The van der Waals surface area contributed by atoms with Crippen molar-refractivity contribution in [2.45, 2.75) is 13.3 Å². The summed E-state index contributed by atoms with van der Waals surface area (Å²) in [7, 11) is 1.76. The summed E-state index contributed by atoms with van der Waals surface area (Å²) < 4.78 is 0. The van der Waals surface area contributed by atoms with E-state index < -0.39 is 0 Å². The molecule has 0 aliphatic rings. The van der Waals surface area contributed by atoms with Crippen molar-refractivity contribution in [1.29, 1.82) is 0 Å². The van der Waals surface area contributed by atoms with Crippen molar-refractivity contribution in [1.82, 2.24) is 0 Å². The van der Waals surface area contributed by atoms with Crippen LogP contribution in [0.1, 0.15) is 12.0 Å². The molecule has 0 spiro atoms. The fraction of sp³-hybridized carbons (Fsp3) is 0.364. The van der Waals surface area contributed by atoms with Gasteiger partial charge in [0.05, 0.1) is 0 Å². The summed E-state index contributed by atoms with van der Waals surface area (Å²) in [6.07, 6.45) is 0.381. The highest BCUT2D eigenvalue weighted by molar-refractivity contribution is 6.19. The first kappa shape index (κ1) is 11.1. The third-order valence-electron chi connectivity index (χ3n) is 2.10. The number of halogens is 1. The first-order valence-electron chi connectivity index (χ1n) is 4.54. The molecule has 0 fully saturated rings. The van der Waals surface area contributed by atoms with Gasteiger partial charge in [-0.25, -0.2) is 0 Å². The average molecular weight is 212 g/mol. The molecule has 0 radical (unpaired) electrons. The first-order chi connectivity index (χ1) is 6.65. The van der Waals surface area contributed by atoms with Crippen LogP contribution < -0.4 is 4.90 Å². The van der Waals surface area contributed by atoms with Gasteiger partial charge in [0.25, 0.3) is 0 Å². The Morgan fingerprint density at radius 3 is 2.43 bits per heavy atom. The van der Waals surface area contributed by atoms with Gasteiger partial charge < -0.3 is 4.90 Å². The second kappa shape index (κ2) is 5.01. The molecule has 1 amide bonds. The van der Waals surface area contributed by atoms with Crippen molar-refractivity contribution in [3.63, 3.8) is 0 Å². The molecule has 0 heterocycles. The lowest BCUT2D eigenvalue weighted by Crippen LogP contribution is -2.26. The molecule has 2 nitrogen and oxygen atoms in total. The van der Waals surface area contributed by atoms with E-state index >= 15 is 0 Å². The van der Waals surface area contributed by atoms with Gasteiger partial charge in [-0.1, -0.05) is 17.7 Å². The van der Waals surface area contributed by atoms with E-state index in [1.165, 1.54) is 5.56 Å². The number of hydrogen-bond acceptors (Lipinski definition) is 1. The molecule has 0 saturated heterocycles. The topological polar surface area (TPSA) is 20.3 Å². The molecule has 0 unspecified atom stereocenters. The van der Waals surface area contributed by atoms with Crippen LogP contribution in [0.3, 0.4) is 0 Å². The molecule has 3 heteroatoms. The molecular weight excluding hydrogens is 198 g/mol. The molecule has 0 atom stereocenters.